The molecule has 0 saturated heterocycles. The van der Waals surface area contributed by atoms with Crippen LogP contribution >= 0.6 is 15.9 Å². The van der Waals surface area contributed by atoms with E-state index in [1.807, 2.05) is 0 Å². The third-order valence-corrected chi connectivity index (χ3v) is 2.97. The minimum absolute atomic E-state index is 0.00176. The Hall–Kier alpha value is -1.95. The summed E-state index contributed by atoms with van der Waals surface area (Å²) in [5.41, 5.74) is 5.78. The van der Waals surface area contributed by atoms with Crippen molar-refractivity contribution in [3.05, 3.63) is 58.1 Å². The molecule has 0 amide bonds. The van der Waals surface area contributed by atoms with Crippen molar-refractivity contribution < 1.29 is 13.5 Å². The maximum atomic E-state index is 13.1. The summed E-state index contributed by atoms with van der Waals surface area (Å²) in [5.74, 6) is -1.45. The van der Waals surface area contributed by atoms with Crippen LogP contribution in [0.5, 0.6) is 11.5 Å². The first kappa shape index (κ1) is 13.5. The van der Waals surface area contributed by atoms with Crippen molar-refractivity contribution in [1.29, 1.82) is 5.41 Å². The van der Waals surface area contributed by atoms with Gasteiger partial charge in [-0.3, -0.25) is 5.41 Å². The third kappa shape index (κ3) is 3.08. The Morgan fingerprint density at radius 2 is 1.79 bits per heavy atom. The molecule has 0 heterocycles. The van der Waals surface area contributed by atoms with E-state index in [0.29, 0.717) is 10.0 Å². The summed E-state index contributed by atoms with van der Waals surface area (Å²) >= 11 is 3.24. The molecular weight excluding hydrogens is 318 g/mol. The van der Waals surface area contributed by atoms with Crippen molar-refractivity contribution in [1.82, 2.24) is 0 Å². The summed E-state index contributed by atoms with van der Waals surface area (Å²) in [6.07, 6.45) is 0. The van der Waals surface area contributed by atoms with Gasteiger partial charge in [-0.25, -0.2) is 8.78 Å². The number of hydrogen-bond acceptors (Lipinski definition) is 2. The smallest absolute Gasteiger partial charge is 0.139 e. The van der Waals surface area contributed by atoms with Crippen molar-refractivity contribution in [2.45, 2.75) is 0 Å². The quantitative estimate of drug-likeness (QED) is 0.665. The van der Waals surface area contributed by atoms with E-state index in [9.17, 15) is 8.78 Å². The van der Waals surface area contributed by atoms with Crippen LogP contribution < -0.4 is 10.5 Å². The van der Waals surface area contributed by atoms with Crippen LogP contribution in [0.15, 0.2) is 40.9 Å². The Bertz CT molecular complexity index is 626. The minimum Gasteiger partial charge on any atom is -0.456 e. The predicted molar refractivity (Wildman–Crippen MR) is 71.6 cm³/mol. The average Bonchev–Trinajstić information content (AvgIpc) is 2.26. The zero-order valence-corrected chi connectivity index (χ0v) is 11.2. The van der Waals surface area contributed by atoms with E-state index in [4.69, 9.17) is 15.9 Å². The number of hydrogen-bond donors (Lipinski definition) is 2. The number of benzene rings is 2. The largest absolute Gasteiger partial charge is 0.456 e. The molecule has 19 heavy (non-hydrogen) atoms. The maximum Gasteiger partial charge on any atom is 0.139 e. The molecule has 0 aliphatic heterocycles. The summed E-state index contributed by atoms with van der Waals surface area (Å²) in [6, 6.07) is 7.77. The van der Waals surface area contributed by atoms with E-state index in [2.05, 4.69) is 15.9 Å². The second-order valence-corrected chi connectivity index (χ2v) is 4.59. The SMILES string of the molecule is N=C(N)c1c(Br)cccc1Oc1cc(F)cc(F)c1. The molecular formula is C13H9BrF2N2O. The van der Waals surface area contributed by atoms with Gasteiger partial charge in [-0.05, 0) is 28.1 Å². The molecule has 0 aliphatic carbocycles. The highest BCUT2D eigenvalue weighted by Gasteiger charge is 2.12. The number of nitrogen functional groups attached to an aromatic ring is 1. The summed E-state index contributed by atoms with van der Waals surface area (Å²) in [6.45, 7) is 0. The topological polar surface area (TPSA) is 59.1 Å². The van der Waals surface area contributed by atoms with Crippen LogP contribution in [0, 0.1) is 17.0 Å². The minimum atomic E-state index is -0.741. The first-order chi connectivity index (χ1) is 8.97. The van der Waals surface area contributed by atoms with Gasteiger partial charge in [0.15, 0.2) is 0 Å². The Morgan fingerprint density at radius 1 is 1.16 bits per heavy atom. The zero-order valence-electron chi connectivity index (χ0n) is 9.58. The molecule has 0 aliphatic rings. The summed E-state index contributed by atoms with van der Waals surface area (Å²) in [7, 11) is 0. The van der Waals surface area contributed by atoms with E-state index in [1.165, 1.54) is 0 Å². The van der Waals surface area contributed by atoms with Gasteiger partial charge in [0.2, 0.25) is 0 Å². The van der Waals surface area contributed by atoms with Crippen LogP contribution in [0.1, 0.15) is 5.56 Å². The molecule has 0 atom stereocenters. The number of nitrogens with two attached hydrogens (primary N) is 1. The van der Waals surface area contributed by atoms with Gasteiger partial charge in [0.1, 0.15) is 29.0 Å². The lowest BCUT2D eigenvalue weighted by atomic mass is 10.2. The van der Waals surface area contributed by atoms with E-state index in [-0.39, 0.29) is 17.3 Å². The second kappa shape index (κ2) is 5.36. The van der Waals surface area contributed by atoms with Gasteiger partial charge in [0.25, 0.3) is 0 Å². The van der Waals surface area contributed by atoms with E-state index < -0.39 is 11.6 Å². The molecule has 6 heteroatoms. The van der Waals surface area contributed by atoms with Crippen LogP contribution in [-0.4, -0.2) is 5.84 Å². The highest BCUT2D eigenvalue weighted by Crippen LogP contribution is 2.30. The predicted octanol–water partition coefficient (Wildman–Crippen LogP) is 3.80. The first-order valence-corrected chi connectivity index (χ1v) is 6.03. The van der Waals surface area contributed by atoms with Crippen molar-refractivity contribution >= 4 is 21.8 Å². The van der Waals surface area contributed by atoms with E-state index in [0.717, 1.165) is 18.2 Å². The molecule has 0 radical (unpaired) electrons. The number of nitrogens with one attached hydrogen (secondary N) is 1. The van der Waals surface area contributed by atoms with Crippen molar-refractivity contribution in [2.75, 3.05) is 0 Å². The Labute approximate surface area is 116 Å². The molecule has 0 aromatic heterocycles. The molecule has 98 valence electrons. The number of amidine groups is 1. The summed E-state index contributed by atoms with van der Waals surface area (Å²) < 4.78 is 32.1. The number of rotatable bonds is 3. The molecule has 3 nitrogen and oxygen atoms in total. The molecule has 0 spiro atoms. The third-order valence-electron chi connectivity index (χ3n) is 2.31. The van der Waals surface area contributed by atoms with Gasteiger partial charge in [0.05, 0.1) is 5.56 Å². The fraction of sp³-hybridized carbons (Fsp3) is 0. The van der Waals surface area contributed by atoms with Crippen LogP contribution in [0.2, 0.25) is 0 Å². The summed E-state index contributed by atoms with van der Waals surface area (Å²) in [4.78, 5) is 0. The van der Waals surface area contributed by atoms with Gasteiger partial charge >= 0.3 is 0 Å². The molecule has 3 N–H and O–H groups in total. The monoisotopic (exact) mass is 326 g/mol. The van der Waals surface area contributed by atoms with Gasteiger partial charge in [0, 0.05) is 22.7 Å². The molecule has 0 fully saturated rings. The van der Waals surface area contributed by atoms with Crippen molar-refractivity contribution in [2.24, 2.45) is 5.73 Å². The highest BCUT2D eigenvalue weighted by molar-refractivity contribution is 9.10. The lowest BCUT2D eigenvalue weighted by Crippen LogP contribution is -2.13. The van der Waals surface area contributed by atoms with Crippen LogP contribution in [0.4, 0.5) is 8.78 Å². The van der Waals surface area contributed by atoms with Gasteiger partial charge in [-0.2, -0.15) is 0 Å². The molecule has 2 aromatic rings. The van der Waals surface area contributed by atoms with E-state index >= 15 is 0 Å². The highest BCUT2D eigenvalue weighted by atomic mass is 79.9. The lowest BCUT2D eigenvalue weighted by Gasteiger charge is -2.11. The molecule has 2 rings (SSSR count). The number of ether oxygens (including phenoxy) is 1. The Balaban J connectivity index is 2.43. The van der Waals surface area contributed by atoms with E-state index in [1.54, 1.807) is 18.2 Å². The van der Waals surface area contributed by atoms with Gasteiger partial charge in [-0.15, -0.1) is 0 Å². The standard InChI is InChI=1S/C13H9BrF2N2O/c14-10-2-1-3-11(12(10)13(17)18)19-9-5-7(15)4-8(16)6-9/h1-6H,(H3,17,18). The fourth-order valence-corrected chi connectivity index (χ4v) is 2.13. The Kier molecular flexibility index (Phi) is 3.80. The van der Waals surface area contributed by atoms with Gasteiger partial charge < -0.3 is 10.5 Å². The normalized spacial score (nSPS) is 10.3. The summed E-state index contributed by atoms with van der Waals surface area (Å²) in [5, 5.41) is 7.49. The second-order valence-electron chi connectivity index (χ2n) is 3.73. The fourth-order valence-electron chi connectivity index (χ4n) is 1.57. The molecule has 2 aromatic carbocycles. The van der Waals surface area contributed by atoms with Crippen LogP contribution in [-0.2, 0) is 0 Å². The molecule has 0 unspecified atom stereocenters. The van der Waals surface area contributed by atoms with Gasteiger partial charge in [-0.1, -0.05) is 6.07 Å². The molecule has 0 saturated carbocycles. The van der Waals surface area contributed by atoms with Crippen molar-refractivity contribution in [3.8, 4) is 11.5 Å². The van der Waals surface area contributed by atoms with Crippen LogP contribution in [0.3, 0.4) is 0 Å². The average molecular weight is 327 g/mol. The van der Waals surface area contributed by atoms with Crippen LogP contribution in [0.25, 0.3) is 0 Å². The molecule has 0 bridgehead atoms. The van der Waals surface area contributed by atoms with Crippen molar-refractivity contribution in [3.63, 3.8) is 0 Å². The maximum absolute atomic E-state index is 13.1. The lowest BCUT2D eigenvalue weighted by molar-refractivity contribution is 0.467. The zero-order chi connectivity index (χ0) is 14.0. The first-order valence-electron chi connectivity index (χ1n) is 5.24. The number of halogens is 3. The Morgan fingerprint density at radius 3 is 2.37 bits per heavy atom.